The van der Waals surface area contributed by atoms with E-state index in [4.69, 9.17) is 0 Å². The molecule has 0 bridgehead atoms. The Labute approximate surface area is 121 Å². The van der Waals surface area contributed by atoms with Gasteiger partial charge in [-0.25, -0.2) is 0 Å². The van der Waals surface area contributed by atoms with Crippen molar-refractivity contribution in [2.45, 2.75) is 19.3 Å². The van der Waals surface area contributed by atoms with Gasteiger partial charge in [-0.2, -0.15) is 0 Å². The number of anilines is 1. The van der Waals surface area contributed by atoms with Crippen molar-refractivity contribution in [3.05, 3.63) is 34.7 Å². The van der Waals surface area contributed by atoms with E-state index >= 15 is 0 Å². The van der Waals surface area contributed by atoms with Gasteiger partial charge in [0.25, 0.3) is 0 Å². The van der Waals surface area contributed by atoms with Crippen LogP contribution in [0.25, 0.3) is 5.70 Å². The second-order valence-electron chi connectivity index (χ2n) is 5.21. The van der Waals surface area contributed by atoms with Gasteiger partial charge in [0.2, 0.25) is 5.91 Å². The van der Waals surface area contributed by atoms with E-state index in [1.165, 1.54) is 16.8 Å². The molecule has 3 aliphatic heterocycles. The van der Waals surface area contributed by atoms with Crippen molar-refractivity contribution in [2.24, 2.45) is 4.99 Å². The van der Waals surface area contributed by atoms with Crippen molar-refractivity contribution in [2.75, 3.05) is 18.4 Å². The van der Waals surface area contributed by atoms with Gasteiger partial charge in [-0.1, -0.05) is 17.8 Å². The van der Waals surface area contributed by atoms with Crippen molar-refractivity contribution < 1.29 is 4.79 Å². The maximum Gasteiger partial charge on any atom is 0.224 e. The van der Waals surface area contributed by atoms with Crippen LogP contribution in [0.2, 0.25) is 0 Å². The molecule has 0 spiro atoms. The third-order valence-corrected chi connectivity index (χ3v) is 4.78. The van der Waals surface area contributed by atoms with Crippen LogP contribution in [-0.2, 0) is 11.2 Å². The average molecular weight is 285 g/mol. The molecule has 4 rings (SSSR count). The smallest absolute Gasteiger partial charge is 0.224 e. The Morgan fingerprint density at radius 3 is 3.20 bits per heavy atom. The molecule has 0 radical (unpaired) electrons. The number of amides is 1. The van der Waals surface area contributed by atoms with Gasteiger partial charge in [0.15, 0.2) is 5.17 Å². The minimum Gasteiger partial charge on any atom is -0.326 e. The average Bonchev–Trinajstić information content (AvgIpc) is 2.91. The number of nitrogens with zero attached hydrogens (tertiary/aromatic N) is 2. The summed E-state index contributed by atoms with van der Waals surface area (Å²) in [4.78, 5) is 18.3. The van der Waals surface area contributed by atoms with Crippen LogP contribution in [0.3, 0.4) is 0 Å². The molecule has 4 nitrogen and oxygen atoms in total. The van der Waals surface area contributed by atoms with Crippen LogP contribution in [0, 0.1) is 0 Å². The van der Waals surface area contributed by atoms with Crippen molar-refractivity contribution in [3.8, 4) is 0 Å². The lowest BCUT2D eigenvalue weighted by atomic mass is 9.99. The van der Waals surface area contributed by atoms with Gasteiger partial charge >= 0.3 is 0 Å². The Morgan fingerprint density at radius 2 is 2.25 bits per heavy atom. The summed E-state index contributed by atoms with van der Waals surface area (Å²) in [6.45, 7) is 1.99. The molecule has 0 saturated carbocycles. The van der Waals surface area contributed by atoms with Crippen molar-refractivity contribution in [3.63, 3.8) is 0 Å². The lowest BCUT2D eigenvalue weighted by Gasteiger charge is -2.26. The van der Waals surface area contributed by atoms with Crippen molar-refractivity contribution in [1.82, 2.24) is 4.90 Å². The van der Waals surface area contributed by atoms with Crippen LogP contribution < -0.4 is 5.32 Å². The number of fused-ring (bicyclic) bond motifs is 2. The fourth-order valence-corrected chi connectivity index (χ4v) is 3.81. The Morgan fingerprint density at radius 1 is 1.30 bits per heavy atom. The molecule has 0 unspecified atom stereocenters. The largest absolute Gasteiger partial charge is 0.326 e. The molecule has 1 aromatic rings. The Balaban J connectivity index is 1.68. The molecule has 5 heteroatoms. The number of benzene rings is 1. The number of amidine groups is 1. The first-order valence-electron chi connectivity index (χ1n) is 6.93. The molecule has 3 heterocycles. The molecule has 102 valence electrons. The number of carbonyl (C=O) groups excluding carboxylic acids is 1. The van der Waals surface area contributed by atoms with Gasteiger partial charge in [-0.05, 0) is 36.1 Å². The van der Waals surface area contributed by atoms with E-state index < -0.39 is 0 Å². The minimum atomic E-state index is 0.117. The SMILES string of the molecule is O=C1CCc2cc(C3=CSC4=NCCCN34)ccc2N1. The molecule has 0 aliphatic carbocycles. The number of aryl methyl sites for hydroxylation is 1. The van der Waals surface area contributed by atoms with E-state index in [1.807, 2.05) is 6.07 Å². The zero-order valence-electron chi connectivity index (χ0n) is 11.1. The summed E-state index contributed by atoms with van der Waals surface area (Å²) >= 11 is 1.71. The number of rotatable bonds is 1. The highest BCUT2D eigenvalue weighted by molar-refractivity contribution is 8.16. The zero-order valence-corrected chi connectivity index (χ0v) is 11.9. The van der Waals surface area contributed by atoms with Gasteiger partial charge in [0, 0.05) is 30.6 Å². The van der Waals surface area contributed by atoms with Gasteiger partial charge in [-0.3, -0.25) is 9.79 Å². The molecular weight excluding hydrogens is 270 g/mol. The molecule has 1 amide bonds. The first-order chi connectivity index (χ1) is 9.81. The summed E-state index contributed by atoms with van der Waals surface area (Å²) < 4.78 is 0. The highest BCUT2D eigenvalue weighted by Gasteiger charge is 2.26. The fourth-order valence-electron chi connectivity index (χ4n) is 2.85. The van der Waals surface area contributed by atoms with Crippen LogP contribution >= 0.6 is 11.8 Å². The predicted octanol–water partition coefficient (Wildman–Crippen LogP) is 2.68. The number of aliphatic imine (C=N–C) groups is 1. The normalized spacial score (nSPS) is 20.8. The quantitative estimate of drug-likeness (QED) is 0.863. The molecule has 1 aromatic carbocycles. The van der Waals surface area contributed by atoms with E-state index in [-0.39, 0.29) is 5.91 Å². The Hall–Kier alpha value is -1.75. The molecular formula is C15H15N3OS. The number of hydrogen-bond acceptors (Lipinski definition) is 4. The van der Waals surface area contributed by atoms with Gasteiger partial charge < -0.3 is 10.2 Å². The maximum absolute atomic E-state index is 11.4. The van der Waals surface area contributed by atoms with E-state index in [9.17, 15) is 4.79 Å². The lowest BCUT2D eigenvalue weighted by molar-refractivity contribution is -0.116. The summed E-state index contributed by atoms with van der Waals surface area (Å²) in [7, 11) is 0. The van der Waals surface area contributed by atoms with Gasteiger partial charge in [0.05, 0.1) is 5.70 Å². The fraction of sp³-hybridized carbons (Fsp3) is 0.333. The van der Waals surface area contributed by atoms with Crippen LogP contribution in [0.4, 0.5) is 5.69 Å². The topological polar surface area (TPSA) is 44.7 Å². The molecule has 0 aromatic heterocycles. The Kier molecular flexibility index (Phi) is 2.80. The second-order valence-corrected chi connectivity index (χ2v) is 6.05. The molecule has 20 heavy (non-hydrogen) atoms. The highest BCUT2D eigenvalue weighted by atomic mass is 32.2. The summed E-state index contributed by atoms with van der Waals surface area (Å²) in [5.41, 5.74) is 4.66. The van der Waals surface area contributed by atoms with Crippen molar-refractivity contribution in [1.29, 1.82) is 0 Å². The highest BCUT2D eigenvalue weighted by Crippen LogP contribution is 2.36. The van der Waals surface area contributed by atoms with Crippen LogP contribution in [-0.4, -0.2) is 29.1 Å². The number of nitrogens with one attached hydrogen (secondary N) is 1. The van der Waals surface area contributed by atoms with Crippen LogP contribution in [0.1, 0.15) is 24.0 Å². The number of hydrogen-bond donors (Lipinski definition) is 1. The minimum absolute atomic E-state index is 0.117. The van der Waals surface area contributed by atoms with E-state index in [0.29, 0.717) is 6.42 Å². The summed E-state index contributed by atoms with van der Waals surface area (Å²) in [5, 5.41) is 6.24. The van der Waals surface area contributed by atoms with Gasteiger partial charge in [0.1, 0.15) is 0 Å². The van der Waals surface area contributed by atoms with Crippen LogP contribution in [0.5, 0.6) is 0 Å². The lowest BCUT2D eigenvalue weighted by Crippen LogP contribution is -2.29. The first-order valence-corrected chi connectivity index (χ1v) is 7.81. The molecule has 3 aliphatic rings. The maximum atomic E-state index is 11.4. The number of carbonyl (C=O) groups is 1. The van der Waals surface area contributed by atoms with Crippen molar-refractivity contribution >= 4 is 34.2 Å². The Bertz CT molecular complexity index is 651. The summed E-state index contributed by atoms with van der Waals surface area (Å²) in [5.74, 6) is 0.117. The summed E-state index contributed by atoms with van der Waals surface area (Å²) in [6, 6.07) is 6.32. The molecule has 0 saturated heterocycles. The molecule has 0 fully saturated rings. The zero-order chi connectivity index (χ0) is 13.5. The monoisotopic (exact) mass is 285 g/mol. The number of thioether (sulfide) groups is 1. The summed E-state index contributed by atoms with van der Waals surface area (Å²) in [6.07, 6.45) is 2.53. The first kappa shape index (κ1) is 12.0. The second kappa shape index (κ2) is 4.66. The van der Waals surface area contributed by atoms with E-state index in [1.54, 1.807) is 11.8 Å². The molecule has 0 atom stereocenters. The van der Waals surface area contributed by atoms with Gasteiger partial charge in [-0.15, -0.1) is 0 Å². The predicted molar refractivity (Wildman–Crippen MR) is 82.6 cm³/mol. The third-order valence-electron chi connectivity index (χ3n) is 3.88. The van der Waals surface area contributed by atoms with Crippen LogP contribution in [0.15, 0.2) is 28.6 Å². The van der Waals surface area contributed by atoms with E-state index in [0.717, 1.165) is 36.8 Å². The van der Waals surface area contributed by atoms with E-state index in [2.05, 4.69) is 32.7 Å². The molecule has 1 N–H and O–H groups in total. The third kappa shape index (κ3) is 1.93. The standard InChI is InChI=1S/C15H15N3OS/c19-14-5-3-10-8-11(2-4-12(10)17-14)13-9-20-15-16-6-1-7-18(13)15/h2,4,8-9H,1,3,5-7H2,(H,17,19).